The lowest BCUT2D eigenvalue weighted by Gasteiger charge is -2.30. The van der Waals surface area contributed by atoms with Crippen molar-refractivity contribution in [2.24, 2.45) is 0 Å². The molecule has 1 aromatic carbocycles. The smallest absolute Gasteiger partial charge is 0.303 e. The molecule has 238 valence electrons. The second-order valence-electron chi connectivity index (χ2n) is 12.4. The first-order chi connectivity index (χ1) is 20.9. The number of ketones is 1. The van der Waals surface area contributed by atoms with Crippen LogP contribution in [0.2, 0.25) is 0 Å². The molecule has 0 unspecified atom stereocenters. The molecule has 2 aliphatic rings. The van der Waals surface area contributed by atoms with Crippen molar-refractivity contribution in [3.8, 4) is 11.5 Å². The van der Waals surface area contributed by atoms with E-state index >= 15 is 0 Å². The standard InChI is InChI=1S/C33H45N5O6/c1-6-43-26-18-22-19-38(31(34)28(22)36-29(26)32(42)35-5)20-25(39)21-16-23(33(2,3)4)30(24(17-21)37-13-9-10-14-37)44-15-11-7-8-12-27(40)41/h16-18,34H,6-15,19-20H2,1-5H3,(H,35,42)(H,40,41). The number of aromatic nitrogens is 1. The summed E-state index contributed by atoms with van der Waals surface area (Å²) in [5.74, 6) is -0.0690. The maximum Gasteiger partial charge on any atom is 0.303 e. The Morgan fingerprint density at radius 2 is 1.80 bits per heavy atom. The molecular weight excluding hydrogens is 562 g/mol. The van der Waals surface area contributed by atoms with Gasteiger partial charge in [-0.2, -0.15) is 0 Å². The zero-order valence-electron chi connectivity index (χ0n) is 26.5. The first-order valence-electron chi connectivity index (χ1n) is 15.5. The molecule has 0 bridgehead atoms. The van der Waals surface area contributed by atoms with E-state index in [4.69, 9.17) is 20.0 Å². The number of hydrogen-bond donors (Lipinski definition) is 3. The summed E-state index contributed by atoms with van der Waals surface area (Å²) in [6.07, 6.45) is 4.41. The van der Waals surface area contributed by atoms with Gasteiger partial charge >= 0.3 is 5.97 Å². The number of fused-ring (bicyclic) bond motifs is 1. The molecule has 11 nitrogen and oxygen atoms in total. The molecule has 0 saturated carbocycles. The minimum atomic E-state index is -0.786. The normalized spacial score (nSPS) is 14.5. The number of Topliss-reactive ketones (excluding diaryl/α,β-unsaturated/α-hetero) is 1. The summed E-state index contributed by atoms with van der Waals surface area (Å²) in [5.41, 5.74) is 3.32. The molecule has 0 radical (unpaired) electrons. The number of hydrogen-bond acceptors (Lipinski definition) is 8. The van der Waals surface area contributed by atoms with Gasteiger partial charge in [0.15, 0.2) is 17.2 Å². The average Bonchev–Trinajstić information content (AvgIpc) is 3.61. The lowest BCUT2D eigenvalue weighted by molar-refractivity contribution is -0.137. The van der Waals surface area contributed by atoms with E-state index in [0.717, 1.165) is 61.3 Å². The van der Waals surface area contributed by atoms with E-state index in [0.29, 0.717) is 43.2 Å². The van der Waals surface area contributed by atoms with Crippen molar-refractivity contribution >= 4 is 29.2 Å². The van der Waals surface area contributed by atoms with Crippen LogP contribution in [0, 0.1) is 5.41 Å². The molecule has 3 N–H and O–H groups in total. The van der Waals surface area contributed by atoms with Crippen molar-refractivity contribution < 1.29 is 29.0 Å². The van der Waals surface area contributed by atoms with Crippen molar-refractivity contribution in [1.29, 1.82) is 5.41 Å². The topological polar surface area (TPSA) is 145 Å². The van der Waals surface area contributed by atoms with Gasteiger partial charge in [-0.05, 0) is 62.6 Å². The van der Waals surface area contributed by atoms with Gasteiger partial charge in [-0.1, -0.05) is 20.8 Å². The molecule has 11 heteroatoms. The minimum Gasteiger partial charge on any atom is -0.491 e. The SMILES string of the molecule is CCOc1cc2c(nc1C(=O)NC)C(=N)N(CC(=O)c1cc(N3CCCC3)c(OCCCCCC(=O)O)c(C(C)(C)C)c1)C2. The van der Waals surface area contributed by atoms with Crippen LogP contribution in [-0.4, -0.2) is 78.4 Å². The highest BCUT2D eigenvalue weighted by molar-refractivity contribution is 6.06. The van der Waals surface area contributed by atoms with E-state index in [1.165, 1.54) is 7.05 Å². The quantitative estimate of drug-likeness (QED) is 0.204. The van der Waals surface area contributed by atoms with E-state index in [1.807, 2.05) is 19.1 Å². The van der Waals surface area contributed by atoms with Crippen molar-refractivity contribution in [3.63, 3.8) is 0 Å². The summed E-state index contributed by atoms with van der Waals surface area (Å²) < 4.78 is 12.1. The highest BCUT2D eigenvalue weighted by Crippen LogP contribution is 2.42. The van der Waals surface area contributed by atoms with Crippen molar-refractivity contribution in [3.05, 3.63) is 46.3 Å². The third-order valence-electron chi connectivity index (χ3n) is 7.97. The molecule has 1 fully saturated rings. The summed E-state index contributed by atoms with van der Waals surface area (Å²) in [7, 11) is 1.52. The third-order valence-corrected chi connectivity index (χ3v) is 7.97. The maximum absolute atomic E-state index is 13.9. The molecule has 4 rings (SSSR count). The monoisotopic (exact) mass is 607 g/mol. The zero-order chi connectivity index (χ0) is 32.0. The number of aliphatic carboxylic acids is 1. The number of carbonyl (C=O) groups is 3. The van der Waals surface area contributed by atoms with Crippen molar-refractivity contribution in [2.45, 2.75) is 78.2 Å². The van der Waals surface area contributed by atoms with E-state index < -0.39 is 11.9 Å². The van der Waals surface area contributed by atoms with Gasteiger partial charge in [0.05, 0.1) is 25.4 Å². The Labute approximate surface area is 259 Å². The maximum atomic E-state index is 13.9. The number of ether oxygens (including phenoxy) is 2. The predicted molar refractivity (Wildman–Crippen MR) is 169 cm³/mol. The number of carbonyl (C=O) groups excluding carboxylic acids is 2. The zero-order valence-corrected chi connectivity index (χ0v) is 26.5. The van der Waals surface area contributed by atoms with Crippen LogP contribution in [0.1, 0.15) is 104 Å². The third kappa shape index (κ3) is 7.49. The van der Waals surface area contributed by atoms with Crippen LogP contribution in [0.4, 0.5) is 5.69 Å². The van der Waals surface area contributed by atoms with Crippen LogP contribution in [0.3, 0.4) is 0 Å². The number of carboxylic acids is 1. The first-order valence-corrected chi connectivity index (χ1v) is 15.5. The fraction of sp³-hybridized carbons (Fsp3) is 0.545. The highest BCUT2D eigenvalue weighted by atomic mass is 16.5. The molecule has 0 spiro atoms. The average molecular weight is 608 g/mol. The van der Waals surface area contributed by atoms with Crippen molar-refractivity contribution in [1.82, 2.24) is 15.2 Å². The van der Waals surface area contributed by atoms with Gasteiger partial charge in [-0.15, -0.1) is 0 Å². The van der Waals surface area contributed by atoms with Gasteiger partial charge in [0.25, 0.3) is 5.91 Å². The molecular formula is C33H45N5O6. The highest BCUT2D eigenvalue weighted by Gasteiger charge is 2.32. The summed E-state index contributed by atoms with van der Waals surface area (Å²) in [6.45, 7) is 11.0. The number of nitrogens with one attached hydrogen (secondary N) is 2. The minimum absolute atomic E-state index is 0.0126. The van der Waals surface area contributed by atoms with Gasteiger partial charge in [-0.3, -0.25) is 19.8 Å². The largest absolute Gasteiger partial charge is 0.491 e. The van der Waals surface area contributed by atoms with Gasteiger partial charge < -0.3 is 29.7 Å². The Kier molecular flexibility index (Phi) is 10.5. The van der Waals surface area contributed by atoms with Crippen molar-refractivity contribution in [2.75, 3.05) is 44.8 Å². The van der Waals surface area contributed by atoms with E-state index in [-0.39, 0.29) is 35.7 Å². The first kappa shape index (κ1) is 32.8. The Morgan fingerprint density at radius 3 is 2.43 bits per heavy atom. The molecule has 3 heterocycles. The molecule has 0 atom stereocenters. The second-order valence-corrected chi connectivity index (χ2v) is 12.4. The number of benzene rings is 1. The summed E-state index contributed by atoms with van der Waals surface area (Å²) in [6, 6.07) is 5.58. The van der Waals surface area contributed by atoms with Crippen LogP contribution < -0.4 is 19.7 Å². The number of pyridine rings is 1. The number of unbranched alkanes of at least 4 members (excludes halogenated alkanes) is 2. The van der Waals surface area contributed by atoms with Crippen LogP contribution in [0.25, 0.3) is 0 Å². The molecule has 1 amide bonds. The predicted octanol–water partition coefficient (Wildman–Crippen LogP) is 4.79. The number of amidine groups is 1. The number of rotatable bonds is 14. The lowest BCUT2D eigenvalue weighted by atomic mass is 9.84. The van der Waals surface area contributed by atoms with E-state index in [1.54, 1.807) is 11.0 Å². The Hall–Kier alpha value is -4.15. The van der Waals surface area contributed by atoms with E-state index in [9.17, 15) is 14.4 Å². The van der Waals surface area contributed by atoms with Crippen LogP contribution in [0.15, 0.2) is 18.2 Å². The second kappa shape index (κ2) is 14.1. The van der Waals surface area contributed by atoms with Crippen LogP contribution in [-0.2, 0) is 16.8 Å². The lowest BCUT2D eigenvalue weighted by Crippen LogP contribution is -2.31. The van der Waals surface area contributed by atoms with Crippen LogP contribution in [0.5, 0.6) is 11.5 Å². The summed E-state index contributed by atoms with van der Waals surface area (Å²) in [4.78, 5) is 45.6. The fourth-order valence-corrected chi connectivity index (χ4v) is 5.65. The molecule has 1 saturated heterocycles. The summed E-state index contributed by atoms with van der Waals surface area (Å²) in [5, 5.41) is 20.3. The fourth-order valence-electron chi connectivity index (χ4n) is 5.65. The molecule has 0 aliphatic carbocycles. The molecule has 2 aliphatic heterocycles. The van der Waals surface area contributed by atoms with Gasteiger partial charge in [-0.25, -0.2) is 4.98 Å². The number of nitrogens with zero attached hydrogens (tertiary/aromatic N) is 3. The van der Waals surface area contributed by atoms with E-state index in [2.05, 4.69) is 36.0 Å². The Morgan fingerprint density at radius 1 is 1.07 bits per heavy atom. The van der Waals surface area contributed by atoms with Gasteiger partial charge in [0, 0.05) is 49.8 Å². The Balaban J connectivity index is 1.59. The number of carboxylic acid groups (broad SMARTS) is 1. The van der Waals surface area contributed by atoms with Gasteiger partial charge in [0.1, 0.15) is 17.3 Å². The molecule has 1 aromatic heterocycles. The molecule has 2 aromatic rings. The van der Waals surface area contributed by atoms with Gasteiger partial charge in [0.2, 0.25) is 0 Å². The summed E-state index contributed by atoms with van der Waals surface area (Å²) >= 11 is 0. The number of anilines is 1. The molecule has 44 heavy (non-hydrogen) atoms. The van der Waals surface area contributed by atoms with Crippen LogP contribution >= 0.6 is 0 Å². The number of amides is 1. The Bertz CT molecular complexity index is 1410.